The molecule has 31 heavy (non-hydrogen) atoms. The number of rotatable bonds is 4. The molecule has 1 saturated carbocycles. The van der Waals surface area contributed by atoms with Crippen LogP contribution in [0, 0.1) is 12.7 Å². The van der Waals surface area contributed by atoms with Crippen molar-refractivity contribution in [2.45, 2.75) is 83.8 Å². The van der Waals surface area contributed by atoms with Crippen LogP contribution in [0.15, 0.2) is 23.0 Å². The van der Waals surface area contributed by atoms with Crippen LogP contribution in [0.25, 0.3) is 0 Å². The zero-order valence-corrected chi connectivity index (χ0v) is 18.6. The molecule has 1 atom stereocenters. The molecule has 1 N–H and O–H groups in total. The second-order valence-electron chi connectivity index (χ2n) is 9.48. The molecule has 0 radical (unpaired) electrons. The van der Waals surface area contributed by atoms with E-state index in [0.29, 0.717) is 18.8 Å². The van der Waals surface area contributed by atoms with Gasteiger partial charge < -0.3 is 14.6 Å². The molecule has 1 aromatic carbocycles. The molecular weight excluding hydrogens is 397 g/mol. The van der Waals surface area contributed by atoms with E-state index < -0.39 is 11.3 Å². The second-order valence-corrected chi connectivity index (χ2v) is 9.48. The van der Waals surface area contributed by atoms with Crippen LogP contribution in [0.3, 0.4) is 0 Å². The fourth-order valence-electron chi connectivity index (χ4n) is 5.52. The predicted octanol–water partition coefficient (Wildman–Crippen LogP) is 3.70. The third-order valence-electron chi connectivity index (χ3n) is 6.87. The van der Waals surface area contributed by atoms with E-state index in [1.165, 1.54) is 6.07 Å². The lowest BCUT2D eigenvalue weighted by molar-refractivity contribution is 0.0523. The van der Waals surface area contributed by atoms with Crippen molar-refractivity contribution >= 4 is 5.91 Å². The molecule has 1 fully saturated rings. The topological polar surface area (TPSA) is 75.4 Å². The van der Waals surface area contributed by atoms with E-state index in [2.05, 4.69) is 4.98 Å². The largest absolute Gasteiger partial charge is 0.501 e. The van der Waals surface area contributed by atoms with Crippen molar-refractivity contribution in [3.63, 3.8) is 0 Å². The summed E-state index contributed by atoms with van der Waals surface area (Å²) in [5.41, 5.74) is 0.668. The summed E-state index contributed by atoms with van der Waals surface area (Å²) in [6.07, 6.45) is 4.19. The Kier molecular flexibility index (Phi) is 5.40. The first-order chi connectivity index (χ1) is 14.6. The SMILES string of the molecule is Cc1cc(F)cc(C2(Cc3nc(=O)c(O)c4n3C[C@H](C)N(C(C)C)C4=O)CCCC2)c1. The molecule has 0 unspecified atom stereocenters. The number of aromatic hydroxyl groups is 1. The maximum Gasteiger partial charge on any atom is 0.315 e. The lowest BCUT2D eigenvalue weighted by Gasteiger charge is -2.40. The lowest BCUT2D eigenvalue weighted by atomic mass is 9.75. The fraction of sp³-hybridized carbons (Fsp3) is 0.542. The van der Waals surface area contributed by atoms with Gasteiger partial charge in [0.05, 0.1) is 0 Å². The van der Waals surface area contributed by atoms with Crippen molar-refractivity contribution in [3.8, 4) is 5.75 Å². The molecule has 0 saturated heterocycles. The van der Waals surface area contributed by atoms with Crippen molar-refractivity contribution in [1.29, 1.82) is 0 Å². The molecular formula is C24H30FN3O3. The van der Waals surface area contributed by atoms with Crippen molar-refractivity contribution in [1.82, 2.24) is 14.5 Å². The molecule has 0 bridgehead atoms. The Labute approximate surface area is 181 Å². The van der Waals surface area contributed by atoms with E-state index in [4.69, 9.17) is 0 Å². The molecule has 2 aromatic rings. The quantitative estimate of drug-likeness (QED) is 0.807. The first-order valence-corrected chi connectivity index (χ1v) is 11.1. The van der Waals surface area contributed by atoms with Gasteiger partial charge in [-0.2, -0.15) is 4.98 Å². The number of carbonyl (C=O) groups excluding carboxylic acids is 1. The second kappa shape index (κ2) is 7.77. The normalized spacial score (nSPS) is 20.4. The highest BCUT2D eigenvalue weighted by Crippen LogP contribution is 2.44. The maximum atomic E-state index is 14.2. The van der Waals surface area contributed by atoms with E-state index in [0.717, 1.165) is 36.8 Å². The Morgan fingerprint density at radius 1 is 1.23 bits per heavy atom. The Balaban J connectivity index is 1.85. The molecule has 1 amide bonds. The van der Waals surface area contributed by atoms with Crippen LogP contribution in [0.2, 0.25) is 0 Å². The van der Waals surface area contributed by atoms with Gasteiger partial charge in [-0.05, 0) is 63.8 Å². The minimum atomic E-state index is -0.781. The first-order valence-electron chi connectivity index (χ1n) is 11.1. The van der Waals surface area contributed by atoms with Gasteiger partial charge in [0.15, 0.2) is 5.69 Å². The number of aromatic nitrogens is 2. The van der Waals surface area contributed by atoms with Crippen molar-refractivity contribution < 1.29 is 14.3 Å². The molecule has 1 aliphatic carbocycles. The molecule has 4 rings (SSSR count). The number of hydrogen-bond donors (Lipinski definition) is 1. The summed E-state index contributed by atoms with van der Waals surface area (Å²) in [7, 11) is 0. The highest BCUT2D eigenvalue weighted by molar-refractivity contribution is 5.96. The van der Waals surface area contributed by atoms with Crippen LogP contribution >= 0.6 is 0 Å². The summed E-state index contributed by atoms with van der Waals surface area (Å²) >= 11 is 0. The Morgan fingerprint density at radius 3 is 2.52 bits per heavy atom. The minimum absolute atomic E-state index is 0.0189. The number of fused-ring (bicyclic) bond motifs is 1. The number of benzene rings is 1. The van der Waals surface area contributed by atoms with Crippen LogP contribution in [0.4, 0.5) is 4.39 Å². The molecule has 1 aromatic heterocycles. The van der Waals surface area contributed by atoms with E-state index in [1.54, 1.807) is 15.5 Å². The number of hydrogen-bond acceptors (Lipinski definition) is 4. The summed E-state index contributed by atoms with van der Waals surface area (Å²) in [6.45, 7) is 8.12. The molecule has 1 aliphatic heterocycles. The van der Waals surface area contributed by atoms with Gasteiger partial charge in [0, 0.05) is 30.5 Å². The molecule has 2 heterocycles. The van der Waals surface area contributed by atoms with Crippen LogP contribution < -0.4 is 5.56 Å². The zero-order chi connectivity index (χ0) is 22.5. The standard InChI is InChI=1S/C24H30FN3O3/c1-14(2)28-16(4)13-27-19(26-22(30)21(29)20(27)23(28)31)12-24(7-5-6-8-24)17-9-15(3)10-18(25)11-17/h9-11,14,16,29H,5-8,12-13H2,1-4H3/t16-/m0/s1. The monoisotopic (exact) mass is 427 g/mol. The van der Waals surface area contributed by atoms with Gasteiger partial charge in [-0.15, -0.1) is 0 Å². The Bertz CT molecular complexity index is 1070. The molecule has 166 valence electrons. The summed E-state index contributed by atoms with van der Waals surface area (Å²) in [6, 6.07) is 4.95. The number of halogens is 1. The lowest BCUT2D eigenvalue weighted by Crippen LogP contribution is -2.51. The number of amides is 1. The van der Waals surface area contributed by atoms with E-state index in [-0.39, 0.29) is 34.9 Å². The van der Waals surface area contributed by atoms with Gasteiger partial charge in [-0.3, -0.25) is 9.59 Å². The van der Waals surface area contributed by atoms with Gasteiger partial charge >= 0.3 is 5.56 Å². The van der Waals surface area contributed by atoms with Crippen molar-refractivity contribution in [3.05, 3.63) is 57.0 Å². The van der Waals surface area contributed by atoms with E-state index >= 15 is 0 Å². The predicted molar refractivity (Wildman–Crippen MR) is 116 cm³/mol. The summed E-state index contributed by atoms with van der Waals surface area (Å²) in [5.74, 6) is -0.719. The van der Waals surface area contributed by atoms with E-state index in [9.17, 15) is 19.1 Å². The number of aryl methyl sites for hydroxylation is 1. The Morgan fingerprint density at radius 2 is 1.90 bits per heavy atom. The number of carbonyl (C=O) groups is 1. The van der Waals surface area contributed by atoms with Crippen LogP contribution in [-0.2, 0) is 18.4 Å². The highest BCUT2D eigenvalue weighted by Gasteiger charge is 2.41. The third-order valence-corrected chi connectivity index (χ3v) is 6.87. The molecule has 0 spiro atoms. The Hall–Kier alpha value is -2.70. The highest BCUT2D eigenvalue weighted by atomic mass is 19.1. The maximum absolute atomic E-state index is 14.2. The van der Waals surface area contributed by atoms with Gasteiger partial charge in [0.25, 0.3) is 5.91 Å². The van der Waals surface area contributed by atoms with Gasteiger partial charge in [0.2, 0.25) is 5.75 Å². The first kappa shape index (κ1) is 21.5. The van der Waals surface area contributed by atoms with E-state index in [1.807, 2.05) is 33.8 Å². The smallest absolute Gasteiger partial charge is 0.315 e. The molecule has 2 aliphatic rings. The fourth-order valence-corrected chi connectivity index (χ4v) is 5.52. The average molecular weight is 428 g/mol. The van der Waals surface area contributed by atoms with Crippen molar-refractivity contribution in [2.24, 2.45) is 0 Å². The van der Waals surface area contributed by atoms with Crippen molar-refractivity contribution in [2.75, 3.05) is 0 Å². The molecule has 6 nitrogen and oxygen atoms in total. The zero-order valence-electron chi connectivity index (χ0n) is 18.6. The van der Waals surface area contributed by atoms with Crippen LogP contribution in [0.5, 0.6) is 5.75 Å². The van der Waals surface area contributed by atoms with Gasteiger partial charge in [-0.25, -0.2) is 4.39 Å². The third kappa shape index (κ3) is 3.64. The summed E-state index contributed by atoms with van der Waals surface area (Å²) in [5, 5.41) is 10.4. The van der Waals surface area contributed by atoms with Gasteiger partial charge in [0.1, 0.15) is 11.6 Å². The molecule has 7 heteroatoms. The van der Waals surface area contributed by atoms with Gasteiger partial charge in [-0.1, -0.05) is 18.9 Å². The average Bonchev–Trinajstić information content (AvgIpc) is 3.14. The van der Waals surface area contributed by atoms with Crippen LogP contribution in [-0.4, -0.2) is 37.5 Å². The minimum Gasteiger partial charge on any atom is -0.501 e. The summed E-state index contributed by atoms with van der Waals surface area (Å²) in [4.78, 5) is 31.6. The number of nitrogens with zero attached hydrogens (tertiary/aromatic N) is 3. The summed E-state index contributed by atoms with van der Waals surface area (Å²) < 4.78 is 16.0. The van der Waals surface area contributed by atoms with Crippen LogP contribution in [0.1, 0.15) is 73.9 Å².